The molecule has 1 aromatic heterocycles. The molecule has 0 spiro atoms. The second-order valence-corrected chi connectivity index (χ2v) is 5.87. The van der Waals surface area contributed by atoms with Crippen LogP contribution < -0.4 is 4.90 Å². The lowest BCUT2D eigenvalue weighted by Gasteiger charge is -2.36. The molecule has 1 heterocycles. The van der Waals surface area contributed by atoms with Gasteiger partial charge in [0.15, 0.2) is 0 Å². The molecule has 1 aliphatic carbocycles. The van der Waals surface area contributed by atoms with Crippen LogP contribution in [0.5, 0.6) is 0 Å². The number of alkyl halides is 1. The van der Waals surface area contributed by atoms with Gasteiger partial charge in [-0.15, -0.1) is 0 Å². The fourth-order valence-electron chi connectivity index (χ4n) is 2.30. The van der Waals surface area contributed by atoms with E-state index in [0.717, 1.165) is 10.8 Å². The fraction of sp³-hybridized carbons (Fsp3) is 0.583. The average Bonchev–Trinajstić information content (AvgIpc) is 2.29. The summed E-state index contributed by atoms with van der Waals surface area (Å²) in [7, 11) is 2.08. The molecule has 1 aromatic rings. The van der Waals surface area contributed by atoms with Crippen LogP contribution in [0.15, 0.2) is 18.3 Å². The molecule has 0 saturated heterocycles. The summed E-state index contributed by atoms with van der Waals surface area (Å²) in [6.07, 6.45) is 6.85. The first-order valence-electron chi connectivity index (χ1n) is 5.67. The van der Waals surface area contributed by atoms with Gasteiger partial charge in [0.05, 0.1) is 5.02 Å². The van der Waals surface area contributed by atoms with Gasteiger partial charge in [-0.2, -0.15) is 0 Å². The third-order valence-electron chi connectivity index (χ3n) is 3.22. The molecule has 88 valence electrons. The predicted molar refractivity (Wildman–Crippen MR) is 72.6 cm³/mol. The molecule has 2 atom stereocenters. The molecule has 2 unspecified atom stereocenters. The van der Waals surface area contributed by atoms with Gasteiger partial charge in [0.25, 0.3) is 0 Å². The third kappa shape index (κ3) is 2.51. The van der Waals surface area contributed by atoms with Gasteiger partial charge in [-0.05, 0) is 25.0 Å². The molecule has 2 rings (SSSR count). The molecular formula is C12H16BrClN2. The zero-order valence-corrected chi connectivity index (χ0v) is 11.7. The van der Waals surface area contributed by atoms with E-state index in [1.807, 2.05) is 12.1 Å². The van der Waals surface area contributed by atoms with Gasteiger partial charge < -0.3 is 4.90 Å². The Labute approximate surface area is 110 Å². The zero-order valence-electron chi connectivity index (χ0n) is 9.37. The monoisotopic (exact) mass is 302 g/mol. The minimum atomic E-state index is 0.501. The van der Waals surface area contributed by atoms with Crippen molar-refractivity contribution >= 4 is 33.3 Å². The number of hydrogen-bond acceptors (Lipinski definition) is 2. The zero-order chi connectivity index (χ0) is 11.5. The molecule has 0 bridgehead atoms. The Morgan fingerprint density at radius 1 is 1.44 bits per heavy atom. The molecule has 2 nitrogen and oxygen atoms in total. The van der Waals surface area contributed by atoms with Crippen molar-refractivity contribution in [1.29, 1.82) is 0 Å². The van der Waals surface area contributed by atoms with Crippen molar-refractivity contribution in [3.63, 3.8) is 0 Å². The Morgan fingerprint density at radius 3 is 2.88 bits per heavy atom. The van der Waals surface area contributed by atoms with Crippen LogP contribution in [0.2, 0.25) is 5.02 Å². The van der Waals surface area contributed by atoms with Crippen molar-refractivity contribution in [2.45, 2.75) is 36.6 Å². The smallest absolute Gasteiger partial charge is 0.147 e. The van der Waals surface area contributed by atoms with Crippen LogP contribution in [0.4, 0.5) is 5.82 Å². The number of hydrogen-bond donors (Lipinski definition) is 0. The molecule has 1 aliphatic rings. The summed E-state index contributed by atoms with van der Waals surface area (Å²) in [6.45, 7) is 0. The largest absolute Gasteiger partial charge is 0.354 e. The normalized spacial score (nSPS) is 25.4. The highest BCUT2D eigenvalue weighted by Crippen LogP contribution is 2.32. The summed E-state index contributed by atoms with van der Waals surface area (Å²) < 4.78 is 0. The minimum absolute atomic E-state index is 0.501. The highest BCUT2D eigenvalue weighted by molar-refractivity contribution is 9.09. The first kappa shape index (κ1) is 12.2. The molecule has 0 amide bonds. The van der Waals surface area contributed by atoms with Crippen LogP contribution in [0.1, 0.15) is 25.7 Å². The van der Waals surface area contributed by atoms with Gasteiger partial charge >= 0.3 is 0 Å². The molecule has 1 fully saturated rings. The van der Waals surface area contributed by atoms with Crippen LogP contribution >= 0.6 is 27.5 Å². The van der Waals surface area contributed by atoms with Crippen LogP contribution in [0.3, 0.4) is 0 Å². The topological polar surface area (TPSA) is 16.1 Å². The van der Waals surface area contributed by atoms with Crippen LogP contribution in [-0.2, 0) is 0 Å². The van der Waals surface area contributed by atoms with Crippen LogP contribution in [-0.4, -0.2) is 22.9 Å². The Bertz CT molecular complexity index is 359. The maximum absolute atomic E-state index is 6.17. The Kier molecular flexibility index (Phi) is 4.09. The molecule has 0 aromatic carbocycles. The van der Waals surface area contributed by atoms with Crippen molar-refractivity contribution in [2.75, 3.05) is 11.9 Å². The van der Waals surface area contributed by atoms with Crippen molar-refractivity contribution < 1.29 is 0 Å². The SMILES string of the molecule is CN(c1ncccc1Cl)C1CCCCC1Br. The second-order valence-electron chi connectivity index (χ2n) is 4.29. The molecule has 0 aliphatic heterocycles. The van der Waals surface area contributed by atoms with Crippen LogP contribution in [0.25, 0.3) is 0 Å². The molecular weight excluding hydrogens is 288 g/mol. The van der Waals surface area contributed by atoms with E-state index in [1.165, 1.54) is 25.7 Å². The minimum Gasteiger partial charge on any atom is -0.354 e. The lowest BCUT2D eigenvalue weighted by molar-refractivity contribution is 0.442. The van der Waals surface area contributed by atoms with E-state index in [2.05, 4.69) is 32.9 Å². The molecule has 4 heteroatoms. The molecule has 1 saturated carbocycles. The Morgan fingerprint density at radius 2 is 2.19 bits per heavy atom. The quantitative estimate of drug-likeness (QED) is 0.771. The van der Waals surface area contributed by atoms with Crippen molar-refractivity contribution in [2.24, 2.45) is 0 Å². The summed E-state index contributed by atoms with van der Waals surface area (Å²) in [6, 6.07) is 4.26. The highest BCUT2D eigenvalue weighted by atomic mass is 79.9. The Balaban J connectivity index is 2.17. The first-order chi connectivity index (χ1) is 7.70. The summed E-state index contributed by atoms with van der Waals surface area (Å²) in [5.74, 6) is 0.889. The van der Waals surface area contributed by atoms with Crippen molar-refractivity contribution in [3.8, 4) is 0 Å². The lowest BCUT2D eigenvalue weighted by atomic mass is 9.94. The van der Waals surface area contributed by atoms with E-state index in [9.17, 15) is 0 Å². The highest BCUT2D eigenvalue weighted by Gasteiger charge is 2.27. The van der Waals surface area contributed by atoms with Gasteiger partial charge in [-0.25, -0.2) is 4.98 Å². The number of aromatic nitrogens is 1. The number of anilines is 1. The molecule has 16 heavy (non-hydrogen) atoms. The Hall–Kier alpha value is -0.280. The third-order valence-corrected chi connectivity index (χ3v) is 4.58. The van der Waals surface area contributed by atoms with Gasteiger partial charge in [-0.1, -0.05) is 40.4 Å². The van der Waals surface area contributed by atoms with E-state index < -0.39 is 0 Å². The molecule has 0 N–H and O–H groups in total. The lowest BCUT2D eigenvalue weighted by Crippen LogP contribution is -2.41. The van der Waals surface area contributed by atoms with Gasteiger partial charge in [0.1, 0.15) is 5.82 Å². The maximum Gasteiger partial charge on any atom is 0.147 e. The standard InChI is InChI=1S/C12H16BrClN2/c1-16(11-7-3-2-5-9(11)13)12-10(14)6-4-8-15-12/h4,6,8-9,11H,2-3,5,7H2,1H3. The summed E-state index contributed by atoms with van der Waals surface area (Å²) in [5, 5.41) is 0.732. The first-order valence-corrected chi connectivity index (χ1v) is 6.97. The van der Waals surface area contributed by atoms with Gasteiger partial charge in [0.2, 0.25) is 0 Å². The summed E-state index contributed by atoms with van der Waals surface area (Å²) in [4.78, 5) is 7.12. The van der Waals surface area contributed by atoms with E-state index in [1.54, 1.807) is 6.20 Å². The van der Waals surface area contributed by atoms with E-state index in [4.69, 9.17) is 11.6 Å². The number of halogens is 2. The summed E-state index contributed by atoms with van der Waals surface area (Å²) >= 11 is 9.93. The van der Waals surface area contributed by atoms with Crippen molar-refractivity contribution in [1.82, 2.24) is 4.98 Å². The maximum atomic E-state index is 6.17. The van der Waals surface area contributed by atoms with Crippen LogP contribution in [0, 0.1) is 0 Å². The van der Waals surface area contributed by atoms with Gasteiger partial charge in [0, 0.05) is 24.1 Å². The number of rotatable bonds is 2. The van der Waals surface area contributed by atoms with Crippen molar-refractivity contribution in [3.05, 3.63) is 23.4 Å². The predicted octanol–water partition coefficient (Wildman–Crippen LogP) is 3.88. The summed E-state index contributed by atoms with van der Waals surface area (Å²) in [5.41, 5.74) is 0. The number of pyridine rings is 1. The molecule has 0 radical (unpaired) electrons. The van der Waals surface area contributed by atoms with Gasteiger partial charge in [-0.3, -0.25) is 0 Å². The van der Waals surface area contributed by atoms with E-state index >= 15 is 0 Å². The fourth-order valence-corrected chi connectivity index (χ4v) is 3.49. The second kappa shape index (κ2) is 5.37. The number of nitrogens with zero attached hydrogens (tertiary/aromatic N) is 2. The van der Waals surface area contributed by atoms with E-state index in [-0.39, 0.29) is 0 Å². The van der Waals surface area contributed by atoms with E-state index in [0.29, 0.717) is 10.9 Å². The average molecular weight is 304 g/mol.